The lowest BCUT2D eigenvalue weighted by Gasteiger charge is -2.32. The quantitative estimate of drug-likeness (QED) is 0.774. The molecule has 0 amide bonds. The Balaban J connectivity index is 1.57. The van der Waals surface area contributed by atoms with Gasteiger partial charge in [0.25, 0.3) is 5.56 Å². The number of H-pyrrole nitrogens is 1. The highest BCUT2D eigenvalue weighted by molar-refractivity contribution is 5.74. The summed E-state index contributed by atoms with van der Waals surface area (Å²) >= 11 is 0. The van der Waals surface area contributed by atoms with Crippen LogP contribution in [-0.4, -0.2) is 37.8 Å². The number of nitrogens with zero attached hydrogens (tertiary/aromatic N) is 5. The van der Waals surface area contributed by atoms with Crippen LogP contribution in [0.25, 0.3) is 11.0 Å². The van der Waals surface area contributed by atoms with Crippen molar-refractivity contribution in [2.45, 2.75) is 18.8 Å². The maximum absolute atomic E-state index is 12.2. The van der Waals surface area contributed by atoms with E-state index in [2.05, 4.69) is 31.0 Å². The molecule has 1 aliphatic heterocycles. The molecule has 0 unspecified atom stereocenters. The Hall–Kier alpha value is -2.70. The average molecular weight is 310 g/mol. The first-order valence-corrected chi connectivity index (χ1v) is 7.80. The van der Waals surface area contributed by atoms with Gasteiger partial charge in [0.1, 0.15) is 5.39 Å². The second-order valence-electron chi connectivity index (χ2n) is 5.91. The number of anilines is 1. The first kappa shape index (κ1) is 13.9. The highest BCUT2D eigenvalue weighted by atomic mass is 16.1. The fraction of sp³-hybridized carbons (Fsp3) is 0.375. The monoisotopic (exact) mass is 310 g/mol. The fourth-order valence-electron chi connectivity index (χ4n) is 3.18. The van der Waals surface area contributed by atoms with E-state index in [4.69, 9.17) is 0 Å². The normalized spacial score (nSPS) is 16.1. The third-order valence-corrected chi connectivity index (χ3v) is 4.49. The molecule has 0 radical (unpaired) electrons. The van der Waals surface area contributed by atoms with Crippen molar-refractivity contribution in [1.29, 1.82) is 0 Å². The number of fused-ring (bicyclic) bond motifs is 1. The average Bonchev–Trinajstić information content (AvgIpc) is 2.98. The number of aryl methyl sites for hydroxylation is 1. The molecular weight excluding hydrogens is 292 g/mol. The van der Waals surface area contributed by atoms with Gasteiger partial charge in [0.2, 0.25) is 5.95 Å². The standard InChI is InChI=1S/C16H18N6O/c1-21-14-12(10-18-21)15(23)20-16(19-14)22-8-5-11(6-9-22)13-4-2-3-7-17-13/h2-4,7,10-11H,5-6,8-9H2,1H3,(H,19,20,23). The lowest BCUT2D eigenvalue weighted by Crippen LogP contribution is -2.35. The van der Waals surface area contributed by atoms with Gasteiger partial charge < -0.3 is 4.90 Å². The van der Waals surface area contributed by atoms with Gasteiger partial charge in [-0.05, 0) is 25.0 Å². The molecule has 1 fully saturated rings. The van der Waals surface area contributed by atoms with Crippen LogP contribution in [0.5, 0.6) is 0 Å². The molecule has 0 saturated carbocycles. The minimum absolute atomic E-state index is 0.134. The smallest absolute Gasteiger partial charge is 0.263 e. The summed E-state index contributed by atoms with van der Waals surface area (Å²) in [4.78, 5) is 26.2. The number of aromatic nitrogens is 5. The Kier molecular flexibility index (Phi) is 3.33. The summed E-state index contributed by atoms with van der Waals surface area (Å²) in [5.74, 6) is 1.10. The highest BCUT2D eigenvalue weighted by Gasteiger charge is 2.23. The molecule has 3 aromatic heterocycles. The van der Waals surface area contributed by atoms with E-state index < -0.39 is 0 Å². The second kappa shape index (κ2) is 5.49. The van der Waals surface area contributed by atoms with Gasteiger partial charge in [-0.15, -0.1) is 0 Å². The summed E-state index contributed by atoms with van der Waals surface area (Å²) in [6, 6.07) is 6.06. The zero-order valence-corrected chi connectivity index (χ0v) is 12.9. The first-order valence-electron chi connectivity index (χ1n) is 7.80. The van der Waals surface area contributed by atoms with Gasteiger partial charge in [0.15, 0.2) is 5.65 Å². The molecule has 118 valence electrons. The van der Waals surface area contributed by atoms with Crippen molar-refractivity contribution >= 4 is 17.0 Å². The lowest BCUT2D eigenvalue weighted by atomic mass is 9.93. The van der Waals surface area contributed by atoms with Gasteiger partial charge in [-0.3, -0.25) is 19.4 Å². The number of aromatic amines is 1. The Labute approximate surface area is 133 Å². The molecule has 0 aliphatic carbocycles. The van der Waals surface area contributed by atoms with Crippen LogP contribution >= 0.6 is 0 Å². The summed E-state index contributed by atoms with van der Waals surface area (Å²) in [6.45, 7) is 1.71. The topological polar surface area (TPSA) is 79.7 Å². The molecule has 0 spiro atoms. The van der Waals surface area contributed by atoms with E-state index in [-0.39, 0.29) is 5.56 Å². The van der Waals surface area contributed by atoms with E-state index in [1.54, 1.807) is 17.9 Å². The third-order valence-electron chi connectivity index (χ3n) is 4.49. The van der Waals surface area contributed by atoms with Crippen LogP contribution in [0.15, 0.2) is 35.4 Å². The summed E-state index contributed by atoms with van der Waals surface area (Å²) < 4.78 is 1.63. The molecule has 0 bridgehead atoms. The number of rotatable bonds is 2. The molecule has 23 heavy (non-hydrogen) atoms. The van der Waals surface area contributed by atoms with Crippen molar-refractivity contribution in [3.8, 4) is 0 Å². The van der Waals surface area contributed by atoms with E-state index in [9.17, 15) is 4.79 Å². The summed E-state index contributed by atoms with van der Waals surface area (Å²) in [7, 11) is 1.80. The van der Waals surface area contributed by atoms with Gasteiger partial charge in [-0.25, -0.2) is 0 Å². The number of hydrogen-bond acceptors (Lipinski definition) is 5. The minimum atomic E-state index is -0.134. The van der Waals surface area contributed by atoms with Gasteiger partial charge >= 0.3 is 0 Å². The summed E-state index contributed by atoms with van der Waals surface area (Å²) in [5.41, 5.74) is 1.64. The van der Waals surface area contributed by atoms with E-state index in [1.807, 2.05) is 18.3 Å². The maximum Gasteiger partial charge on any atom is 0.263 e. The van der Waals surface area contributed by atoms with E-state index in [1.165, 1.54) is 0 Å². The van der Waals surface area contributed by atoms with E-state index >= 15 is 0 Å². The molecule has 7 heteroatoms. The summed E-state index contributed by atoms with van der Waals surface area (Å²) in [6.07, 6.45) is 5.41. The predicted octanol–water partition coefficient (Wildman–Crippen LogP) is 1.44. The van der Waals surface area contributed by atoms with Crippen molar-refractivity contribution in [3.05, 3.63) is 46.6 Å². The Morgan fingerprint density at radius 3 is 2.83 bits per heavy atom. The van der Waals surface area contributed by atoms with Crippen molar-refractivity contribution in [1.82, 2.24) is 24.7 Å². The lowest BCUT2D eigenvalue weighted by molar-refractivity contribution is 0.491. The Bertz CT molecular complexity index is 876. The molecule has 7 nitrogen and oxygen atoms in total. The van der Waals surface area contributed by atoms with Crippen LogP contribution in [0.2, 0.25) is 0 Å². The minimum Gasteiger partial charge on any atom is -0.342 e. The SMILES string of the molecule is Cn1ncc2c(=O)[nH]c(N3CCC(c4ccccn4)CC3)nc21. The number of nitrogens with one attached hydrogen (secondary N) is 1. The Morgan fingerprint density at radius 2 is 2.09 bits per heavy atom. The van der Waals surface area contributed by atoms with Crippen molar-refractivity contribution in [3.63, 3.8) is 0 Å². The molecular formula is C16H18N6O. The van der Waals surface area contributed by atoms with Crippen molar-refractivity contribution < 1.29 is 0 Å². The van der Waals surface area contributed by atoms with Crippen LogP contribution in [0.4, 0.5) is 5.95 Å². The van der Waals surface area contributed by atoms with Crippen LogP contribution < -0.4 is 10.5 Å². The zero-order chi connectivity index (χ0) is 15.8. The maximum atomic E-state index is 12.2. The van der Waals surface area contributed by atoms with Crippen molar-refractivity contribution in [2.24, 2.45) is 7.05 Å². The third kappa shape index (κ3) is 2.48. The Morgan fingerprint density at radius 1 is 1.26 bits per heavy atom. The van der Waals surface area contributed by atoms with Gasteiger partial charge in [-0.1, -0.05) is 6.07 Å². The molecule has 1 N–H and O–H groups in total. The molecule has 0 atom stereocenters. The van der Waals surface area contributed by atoms with Crippen LogP contribution in [0.1, 0.15) is 24.5 Å². The largest absolute Gasteiger partial charge is 0.342 e. The van der Waals surface area contributed by atoms with Crippen LogP contribution in [-0.2, 0) is 7.05 Å². The van der Waals surface area contributed by atoms with Crippen LogP contribution in [0.3, 0.4) is 0 Å². The number of piperidine rings is 1. The van der Waals surface area contributed by atoms with Crippen molar-refractivity contribution in [2.75, 3.05) is 18.0 Å². The van der Waals surface area contributed by atoms with Gasteiger partial charge in [0.05, 0.1) is 6.20 Å². The number of pyridine rings is 1. The van der Waals surface area contributed by atoms with Gasteiger partial charge in [0, 0.05) is 37.9 Å². The van der Waals surface area contributed by atoms with E-state index in [0.717, 1.165) is 31.6 Å². The molecule has 1 saturated heterocycles. The first-order chi connectivity index (χ1) is 11.2. The molecule has 4 heterocycles. The molecule has 0 aromatic carbocycles. The van der Waals surface area contributed by atoms with Gasteiger partial charge in [-0.2, -0.15) is 10.1 Å². The summed E-state index contributed by atoms with van der Waals surface area (Å²) in [5, 5.41) is 4.63. The molecule has 4 rings (SSSR count). The molecule has 3 aromatic rings. The van der Waals surface area contributed by atoms with E-state index in [0.29, 0.717) is 22.9 Å². The molecule has 1 aliphatic rings. The second-order valence-corrected chi connectivity index (χ2v) is 5.91. The fourth-order valence-corrected chi connectivity index (χ4v) is 3.18. The number of hydrogen-bond donors (Lipinski definition) is 1. The van der Waals surface area contributed by atoms with Crippen LogP contribution in [0, 0.1) is 0 Å². The predicted molar refractivity (Wildman–Crippen MR) is 87.6 cm³/mol. The zero-order valence-electron chi connectivity index (χ0n) is 12.9. The highest BCUT2D eigenvalue weighted by Crippen LogP contribution is 2.27.